The molecule has 156 valence electrons. The number of carbonyl (C=O) groups is 1. The minimum absolute atomic E-state index is 0.0562. The van der Waals surface area contributed by atoms with Gasteiger partial charge in [-0.15, -0.1) is 11.3 Å². The second-order valence-electron chi connectivity index (χ2n) is 8.33. The third-order valence-electron chi connectivity index (χ3n) is 6.30. The number of nitrogens with zero attached hydrogens (tertiary/aromatic N) is 2. The van der Waals surface area contributed by atoms with Crippen molar-refractivity contribution in [1.29, 1.82) is 5.26 Å². The molecule has 5 rings (SSSR count). The van der Waals surface area contributed by atoms with Crippen molar-refractivity contribution >= 4 is 22.4 Å². The van der Waals surface area contributed by atoms with E-state index in [1.54, 1.807) is 6.20 Å². The predicted molar refractivity (Wildman–Crippen MR) is 127 cm³/mol. The summed E-state index contributed by atoms with van der Waals surface area (Å²) in [6.45, 7) is 2.01. The van der Waals surface area contributed by atoms with Crippen LogP contribution in [0.2, 0.25) is 0 Å². The molecule has 0 unspecified atom stereocenters. The number of rotatable bonds is 4. The monoisotopic (exact) mass is 435 g/mol. The molecule has 1 heterocycles. The fraction of sp³-hybridized carbons (Fsp3) is 0.148. The number of nitrogens with one attached hydrogen (secondary N) is 1. The van der Waals surface area contributed by atoms with Crippen LogP contribution < -0.4 is 5.32 Å². The molecular formula is C27H21N3OS. The SMILES string of the molecule is C[C@@]1(C(=O)Nc2nccs2)Cc2ccc(C#N)cc2[C@@H]1c1ccc(-c2ccccc2)cc1. The summed E-state index contributed by atoms with van der Waals surface area (Å²) in [6, 6.07) is 26.7. The van der Waals surface area contributed by atoms with Crippen LogP contribution in [0.5, 0.6) is 0 Å². The zero-order valence-electron chi connectivity index (χ0n) is 17.6. The topological polar surface area (TPSA) is 65.8 Å². The van der Waals surface area contributed by atoms with Crippen molar-refractivity contribution in [3.05, 3.63) is 107 Å². The van der Waals surface area contributed by atoms with Crippen LogP contribution >= 0.6 is 11.3 Å². The van der Waals surface area contributed by atoms with Crippen molar-refractivity contribution in [1.82, 2.24) is 4.98 Å². The van der Waals surface area contributed by atoms with Gasteiger partial charge in [0.15, 0.2) is 5.13 Å². The van der Waals surface area contributed by atoms with Crippen molar-refractivity contribution in [3.8, 4) is 17.2 Å². The van der Waals surface area contributed by atoms with Gasteiger partial charge in [-0.1, -0.05) is 60.7 Å². The summed E-state index contributed by atoms with van der Waals surface area (Å²) in [5, 5.41) is 14.9. The summed E-state index contributed by atoms with van der Waals surface area (Å²) in [5.74, 6) is -0.213. The van der Waals surface area contributed by atoms with Crippen molar-refractivity contribution < 1.29 is 4.79 Å². The van der Waals surface area contributed by atoms with Gasteiger partial charge in [0, 0.05) is 17.5 Å². The Morgan fingerprint density at radius 1 is 1.09 bits per heavy atom. The van der Waals surface area contributed by atoms with Crippen LogP contribution in [0.3, 0.4) is 0 Å². The number of carbonyl (C=O) groups excluding carboxylic acids is 1. The van der Waals surface area contributed by atoms with Gasteiger partial charge >= 0.3 is 0 Å². The van der Waals surface area contributed by atoms with Gasteiger partial charge in [-0.25, -0.2) is 4.98 Å². The fourth-order valence-corrected chi connectivity index (χ4v) is 5.24. The normalized spacial score (nSPS) is 19.2. The Bertz CT molecular complexity index is 1310. The summed E-state index contributed by atoms with van der Waals surface area (Å²) in [6.07, 6.45) is 2.29. The molecule has 0 saturated heterocycles. The number of amides is 1. The van der Waals surface area contributed by atoms with E-state index in [0.717, 1.165) is 27.8 Å². The summed E-state index contributed by atoms with van der Waals surface area (Å²) in [4.78, 5) is 17.7. The Hall–Kier alpha value is -3.75. The van der Waals surface area contributed by atoms with Crippen molar-refractivity contribution in [3.63, 3.8) is 0 Å². The average Bonchev–Trinajstić information content (AvgIpc) is 3.45. The van der Waals surface area contributed by atoms with Gasteiger partial charge in [0.1, 0.15) is 0 Å². The van der Waals surface area contributed by atoms with E-state index < -0.39 is 5.41 Å². The molecule has 0 aliphatic heterocycles. The largest absolute Gasteiger partial charge is 0.301 e. The Balaban J connectivity index is 1.57. The smallest absolute Gasteiger partial charge is 0.233 e. The van der Waals surface area contributed by atoms with Crippen LogP contribution in [0.25, 0.3) is 11.1 Å². The Kier molecular flexibility index (Phi) is 5.08. The first-order valence-electron chi connectivity index (χ1n) is 10.5. The first-order chi connectivity index (χ1) is 15.6. The zero-order chi connectivity index (χ0) is 22.1. The second kappa shape index (κ2) is 8.07. The maximum atomic E-state index is 13.5. The minimum Gasteiger partial charge on any atom is -0.301 e. The molecule has 1 N–H and O–H groups in total. The maximum Gasteiger partial charge on any atom is 0.233 e. The van der Waals surface area contributed by atoms with E-state index in [2.05, 4.69) is 52.8 Å². The van der Waals surface area contributed by atoms with Crippen LogP contribution in [-0.2, 0) is 11.2 Å². The van der Waals surface area contributed by atoms with Crippen molar-refractivity contribution in [2.75, 3.05) is 5.32 Å². The number of thiazole rings is 1. The highest BCUT2D eigenvalue weighted by Gasteiger charge is 2.49. The molecule has 0 saturated carbocycles. The molecule has 32 heavy (non-hydrogen) atoms. The van der Waals surface area contributed by atoms with Gasteiger partial charge in [0.25, 0.3) is 0 Å². The molecule has 1 amide bonds. The standard InChI is InChI=1S/C27H21N3OS/c1-27(25(31)30-26-29-13-14-32-26)16-22-8-7-18(17-28)15-23(22)24(27)21-11-9-20(10-12-21)19-5-3-2-4-6-19/h2-15,24H,16H2,1H3,(H,29,30,31)/t24-,27+/m0/s1. The lowest BCUT2D eigenvalue weighted by Crippen LogP contribution is -2.37. The van der Waals surface area contributed by atoms with E-state index in [4.69, 9.17) is 0 Å². The van der Waals surface area contributed by atoms with E-state index in [0.29, 0.717) is 17.1 Å². The number of anilines is 1. The average molecular weight is 436 g/mol. The summed E-state index contributed by atoms with van der Waals surface area (Å²) >= 11 is 1.41. The number of nitriles is 1. The third kappa shape index (κ3) is 3.49. The molecule has 4 aromatic rings. The first kappa shape index (κ1) is 20.2. The minimum atomic E-state index is -0.698. The van der Waals surface area contributed by atoms with E-state index >= 15 is 0 Å². The first-order valence-corrected chi connectivity index (χ1v) is 11.4. The maximum absolute atomic E-state index is 13.5. The van der Waals surface area contributed by atoms with Crippen LogP contribution in [0.15, 0.2) is 84.4 Å². The van der Waals surface area contributed by atoms with E-state index in [9.17, 15) is 10.1 Å². The molecule has 3 aromatic carbocycles. The van der Waals surface area contributed by atoms with E-state index in [1.807, 2.05) is 48.7 Å². The molecule has 2 atom stereocenters. The Labute approximate surface area is 191 Å². The summed E-state index contributed by atoms with van der Waals surface area (Å²) < 4.78 is 0. The van der Waals surface area contributed by atoms with Crippen LogP contribution in [0.1, 0.15) is 35.1 Å². The van der Waals surface area contributed by atoms with E-state index in [1.165, 1.54) is 11.3 Å². The number of fused-ring (bicyclic) bond motifs is 1. The number of benzene rings is 3. The van der Waals surface area contributed by atoms with Gasteiger partial charge in [0.05, 0.1) is 17.0 Å². The summed E-state index contributed by atoms with van der Waals surface area (Å²) in [5.41, 5.74) is 5.42. The molecule has 0 fully saturated rings. The van der Waals surface area contributed by atoms with E-state index in [-0.39, 0.29) is 11.8 Å². The molecule has 1 aromatic heterocycles. The molecule has 0 radical (unpaired) electrons. The van der Waals surface area contributed by atoms with Gasteiger partial charge in [-0.2, -0.15) is 5.26 Å². The Morgan fingerprint density at radius 2 is 1.84 bits per heavy atom. The lowest BCUT2D eigenvalue weighted by molar-refractivity contribution is -0.125. The molecule has 0 bridgehead atoms. The highest BCUT2D eigenvalue weighted by molar-refractivity contribution is 7.13. The number of hydrogen-bond acceptors (Lipinski definition) is 4. The molecule has 0 spiro atoms. The highest BCUT2D eigenvalue weighted by atomic mass is 32.1. The van der Waals surface area contributed by atoms with Gasteiger partial charge in [-0.3, -0.25) is 4.79 Å². The number of aromatic nitrogens is 1. The van der Waals surface area contributed by atoms with Gasteiger partial charge in [0.2, 0.25) is 5.91 Å². The molecular weight excluding hydrogens is 414 g/mol. The van der Waals surface area contributed by atoms with Crippen LogP contribution in [-0.4, -0.2) is 10.9 Å². The molecule has 1 aliphatic carbocycles. The quantitative estimate of drug-likeness (QED) is 0.427. The third-order valence-corrected chi connectivity index (χ3v) is 6.99. The molecule has 5 heteroatoms. The summed E-state index contributed by atoms with van der Waals surface area (Å²) in [7, 11) is 0. The fourth-order valence-electron chi connectivity index (χ4n) is 4.72. The molecule has 1 aliphatic rings. The van der Waals surface area contributed by atoms with Gasteiger partial charge < -0.3 is 5.32 Å². The molecule has 4 nitrogen and oxygen atoms in total. The van der Waals surface area contributed by atoms with Crippen LogP contribution in [0, 0.1) is 16.7 Å². The van der Waals surface area contributed by atoms with Crippen molar-refractivity contribution in [2.24, 2.45) is 5.41 Å². The van der Waals surface area contributed by atoms with Crippen molar-refractivity contribution in [2.45, 2.75) is 19.3 Å². The van der Waals surface area contributed by atoms with Crippen LogP contribution in [0.4, 0.5) is 5.13 Å². The number of hydrogen-bond donors (Lipinski definition) is 1. The van der Waals surface area contributed by atoms with Gasteiger partial charge in [-0.05, 0) is 53.3 Å². The zero-order valence-corrected chi connectivity index (χ0v) is 18.4. The highest BCUT2D eigenvalue weighted by Crippen LogP contribution is 2.51. The predicted octanol–water partition coefficient (Wildman–Crippen LogP) is 6.01. The lowest BCUT2D eigenvalue weighted by atomic mass is 9.73. The second-order valence-corrected chi connectivity index (χ2v) is 9.23. The lowest BCUT2D eigenvalue weighted by Gasteiger charge is -2.31. The Morgan fingerprint density at radius 3 is 2.53 bits per heavy atom.